The largest absolute Gasteiger partial charge is 0.337 e. The second-order valence-electron chi connectivity index (χ2n) is 6.41. The molecule has 8 heteroatoms. The molecule has 2 aromatic heterocycles. The third-order valence-electron chi connectivity index (χ3n) is 4.15. The molecule has 0 amide bonds. The van der Waals surface area contributed by atoms with E-state index in [1.54, 1.807) is 6.07 Å². The van der Waals surface area contributed by atoms with E-state index >= 15 is 0 Å². The summed E-state index contributed by atoms with van der Waals surface area (Å²) >= 11 is 6.17. The highest BCUT2D eigenvalue weighted by molar-refractivity contribution is 6.33. The molecule has 4 rings (SSSR count). The summed E-state index contributed by atoms with van der Waals surface area (Å²) in [6.07, 6.45) is 0. The number of hydrogen-bond acceptors (Lipinski definition) is 6. The Balaban J connectivity index is 1.51. The number of nitrogens with zero attached hydrogens (tertiary/aromatic N) is 6. The Hall–Kier alpha value is -3.06. The summed E-state index contributed by atoms with van der Waals surface area (Å²) in [7, 11) is 0. The SMILES string of the molecule is CC(C)c1ccc(-c2nnn(Cc3nc(-c4ccccc4Cl)no3)n2)cc1. The van der Waals surface area contributed by atoms with Gasteiger partial charge in [0.05, 0.1) is 5.02 Å². The van der Waals surface area contributed by atoms with Crippen LogP contribution in [0.1, 0.15) is 31.2 Å². The van der Waals surface area contributed by atoms with Crippen molar-refractivity contribution >= 4 is 11.6 Å². The lowest BCUT2D eigenvalue weighted by Gasteiger charge is -2.04. The third-order valence-corrected chi connectivity index (χ3v) is 4.48. The molecule has 0 bridgehead atoms. The van der Waals surface area contributed by atoms with E-state index in [-0.39, 0.29) is 6.54 Å². The van der Waals surface area contributed by atoms with Gasteiger partial charge in [-0.15, -0.1) is 10.2 Å². The molecule has 0 N–H and O–H groups in total. The van der Waals surface area contributed by atoms with Crippen molar-refractivity contribution < 1.29 is 4.52 Å². The summed E-state index contributed by atoms with van der Waals surface area (Å²) in [4.78, 5) is 5.78. The first-order chi connectivity index (χ1) is 13.1. The molecular weight excluding hydrogens is 364 g/mol. The average molecular weight is 381 g/mol. The first-order valence-electron chi connectivity index (χ1n) is 8.56. The van der Waals surface area contributed by atoms with E-state index in [0.717, 1.165) is 5.56 Å². The molecule has 2 heterocycles. The molecule has 136 valence electrons. The van der Waals surface area contributed by atoms with Crippen LogP contribution in [0.25, 0.3) is 22.8 Å². The first-order valence-corrected chi connectivity index (χ1v) is 8.93. The van der Waals surface area contributed by atoms with Crippen LogP contribution in [0.5, 0.6) is 0 Å². The molecule has 7 nitrogen and oxygen atoms in total. The van der Waals surface area contributed by atoms with Gasteiger partial charge in [0.15, 0.2) is 0 Å². The molecule has 0 radical (unpaired) electrons. The van der Waals surface area contributed by atoms with Crippen LogP contribution in [-0.4, -0.2) is 30.3 Å². The summed E-state index contributed by atoms with van der Waals surface area (Å²) in [5.74, 6) is 1.84. The third kappa shape index (κ3) is 3.73. The molecule has 0 unspecified atom stereocenters. The van der Waals surface area contributed by atoms with E-state index in [1.807, 2.05) is 30.3 Å². The minimum absolute atomic E-state index is 0.231. The standard InChI is InChI=1S/C19H17ClN6O/c1-12(2)13-7-9-14(10-8-13)18-22-25-26(23-18)11-17-21-19(24-27-17)15-5-3-4-6-16(15)20/h3-10,12H,11H2,1-2H3. The molecule has 0 aliphatic heterocycles. The van der Waals surface area contributed by atoms with Gasteiger partial charge >= 0.3 is 0 Å². The van der Waals surface area contributed by atoms with E-state index in [0.29, 0.717) is 34.0 Å². The molecule has 0 atom stereocenters. The highest BCUT2D eigenvalue weighted by Crippen LogP contribution is 2.25. The summed E-state index contributed by atoms with van der Waals surface area (Å²) in [6.45, 7) is 4.55. The van der Waals surface area contributed by atoms with Crippen LogP contribution in [0.15, 0.2) is 53.1 Å². The monoisotopic (exact) mass is 380 g/mol. The molecule has 27 heavy (non-hydrogen) atoms. The van der Waals surface area contributed by atoms with Crippen molar-refractivity contribution in [3.8, 4) is 22.8 Å². The fourth-order valence-corrected chi connectivity index (χ4v) is 2.86. The molecule has 0 fully saturated rings. The zero-order valence-electron chi connectivity index (χ0n) is 14.9. The van der Waals surface area contributed by atoms with Crippen molar-refractivity contribution in [3.63, 3.8) is 0 Å². The fourth-order valence-electron chi connectivity index (χ4n) is 2.63. The van der Waals surface area contributed by atoms with Gasteiger partial charge in [0.2, 0.25) is 11.6 Å². The molecule has 0 aliphatic rings. The molecule has 0 aliphatic carbocycles. The van der Waals surface area contributed by atoms with Gasteiger partial charge in [0.25, 0.3) is 5.89 Å². The zero-order chi connectivity index (χ0) is 18.8. The molecule has 0 saturated carbocycles. The van der Waals surface area contributed by atoms with Gasteiger partial charge in [-0.25, -0.2) is 0 Å². The predicted octanol–water partition coefficient (Wildman–Crippen LogP) is 4.22. The first kappa shape index (κ1) is 17.4. The highest BCUT2D eigenvalue weighted by Gasteiger charge is 2.14. The van der Waals surface area contributed by atoms with E-state index in [9.17, 15) is 0 Å². The Labute approximate surface area is 161 Å². The Morgan fingerprint density at radius 3 is 2.56 bits per heavy atom. The Kier molecular flexibility index (Phi) is 4.68. The van der Waals surface area contributed by atoms with Gasteiger partial charge in [0, 0.05) is 11.1 Å². The second kappa shape index (κ2) is 7.28. The van der Waals surface area contributed by atoms with Gasteiger partial charge in [-0.2, -0.15) is 9.78 Å². The van der Waals surface area contributed by atoms with Crippen molar-refractivity contribution in [3.05, 3.63) is 65.0 Å². The number of benzene rings is 2. The van der Waals surface area contributed by atoms with Crippen molar-refractivity contribution in [1.29, 1.82) is 0 Å². The molecule has 2 aromatic carbocycles. The smallest absolute Gasteiger partial charge is 0.250 e. The summed E-state index contributed by atoms with van der Waals surface area (Å²) < 4.78 is 5.29. The van der Waals surface area contributed by atoms with Gasteiger partial charge in [-0.05, 0) is 28.8 Å². The van der Waals surface area contributed by atoms with Crippen LogP contribution >= 0.6 is 11.6 Å². The van der Waals surface area contributed by atoms with Gasteiger partial charge in [0.1, 0.15) is 6.54 Å². The van der Waals surface area contributed by atoms with Crippen molar-refractivity contribution in [2.75, 3.05) is 0 Å². The van der Waals surface area contributed by atoms with Gasteiger partial charge in [-0.3, -0.25) is 0 Å². The number of hydrogen-bond donors (Lipinski definition) is 0. The molecule has 4 aromatic rings. The lowest BCUT2D eigenvalue weighted by atomic mass is 10.0. The summed E-state index contributed by atoms with van der Waals surface area (Å²) in [5, 5.41) is 17.1. The van der Waals surface area contributed by atoms with Crippen LogP contribution in [0, 0.1) is 0 Å². The second-order valence-corrected chi connectivity index (χ2v) is 6.82. The highest BCUT2D eigenvalue weighted by atomic mass is 35.5. The Morgan fingerprint density at radius 2 is 1.81 bits per heavy atom. The van der Waals surface area contributed by atoms with Crippen molar-refractivity contribution in [2.24, 2.45) is 0 Å². The average Bonchev–Trinajstić information content (AvgIpc) is 3.32. The van der Waals surface area contributed by atoms with Gasteiger partial charge < -0.3 is 4.52 Å². The topological polar surface area (TPSA) is 82.5 Å². The molecule has 0 spiro atoms. The van der Waals surface area contributed by atoms with Gasteiger partial charge in [-0.1, -0.05) is 67.0 Å². The number of halogens is 1. The van der Waals surface area contributed by atoms with Crippen LogP contribution < -0.4 is 0 Å². The van der Waals surface area contributed by atoms with E-state index in [2.05, 4.69) is 51.5 Å². The predicted molar refractivity (Wildman–Crippen MR) is 101 cm³/mol. The number of aromatic nitrogens is 6. The quantitative estimate of drug-likeness (QED) is 0.515. The van der Waals surface area contributed by atoms with Crippen LogP contribution in [0.2, 0.25) is 5.02 Å². The maximum absolute atomic E-state index is 6.17. The van der Waals surface area contributed by atoms with Crippen LogP contribution in [-0.2, 0) is 6.54 Å². The Bertz CT molecular complexity index is 1050. The maximum Gasteiger partial charge on any atom is 0.250 e. The molecular formula is C19H17ClN6O. The van der Waals surface area contributed by atoms with Crippen molar-refractivity contribution in [2.45, 2.75) is 26.3 Å². The van der Waals surface area contributed by atoms with Crippen molar-refractivity contribution in [1.82, 2.24) is 30.3 Å². The van der Waals surface area contributed by atoms with E-state index in [4.69, 9.17) is 16.1 Å². The lowest BCUT2D eigenvalue weighted by molar-refractivity contribution is 0.356. The molecule has 0 saturated heterocycles. The number of rotatable bonds is 5. The summed E-state index contributed by atoms with van der Waals surface area (Å²) in [5.41, 5.74) is 2.89. The van der Waals surface area contributed by atoms with Crippen LogP contribution in [0.3, 0.4) is 0 Å². The van der Waals surface area contributed by atoms with E-state index < -0.39 is 0 Å². The fraction of sp³-hybridized carbons (Fsp3) is 0.211. The Morgan fingerprint density at radius 1 is 1.04 bits per heavy atom. The number of tetrazole rings is 1. The maximum atomic E-state index is 6.17. The zero-order valence-corrected chi connectivity index (χ0v) is 15.6. The minimum Gasteiger partial charge on any atom is -0.337 e. The normalized spacial score (nSPS) is 11.3. The minimum atomic E-state index is 0.231. The van der Waals surface area contributed by atoms with E-state index in [1.165, 1.54) is 10.4 Å². The van der Waals surface area contributed by atoms with Crippen LogP contribution in [0.4, 0.5) is 0 Å². The summed E-state index contributed by atoms with van der Waals surface area (Å²) in [6, 6.07) is 15.5. The lowest BCUT2D eigenvalue weighted by Crippen LogP contribution is -2.04.